The number of rotatable bonds is 2. The number of para-hydroxylation sites is 1. The van der Waals surface area contributed by atoms with Crippen molar-refractivity contribution in [2.75, 3.05) is 0 Å². The van der Waals surface area contributed by atoms with Crippen molar-refractivity contribution in [3.63, 3.8) is 0 Å². The minimum absolute atomic E-state index is 0.174. The summed E-state index contributed by atoms with van der Waals surface area (Å²) in [6.07, 6.45) is 2.49. The molecule has 17 heavy (non-hydrogen) atoms. The molecule has 1 aromatic carbocycles. The highest BCUT2D eigenvalue weighted by atomic mass is 32.1. The Kier molecular flexibility index (Phi) is 2.59. The number of carbonyl (C=O) groups is 1. The van der Waals surface area contributed by atoms with Crippen LogP contribution >= 0.6 is 11.3 Å². The van der Waals surface area contributed by atoms with Gasteiger partial charge in [0, 0.05) is 5.92 Å². The molecule has 1 heterocycles. The molecule has 1 aromatic heterocycles. The van der Waals surface area contributed by atoms with Crippen molar-refractivity contribution >= 4 is 27.5 Å². The molecule has 1 fully saturated rings. The lowest BCUT2D eigenvalue weighted by Gasteiger charge is -2.04. The van der Waals surface area contributed by atoms with Crippen molar-refractivity contribution < 1.29 is 9.90 Å². The Morgan fingerprint density at radius 3 is 2.88 bits per heavy atom. The Labute approximate surface area is 103 Å². The molecular formula is C13H13NO2S. The number of benzene rings is 1. The van der Waals surface area contributed by atoms with Crippen LogP contribution in [-0.4, -0.2) is 16.1 Å². The van der Waals surface area contributed by atoms with Gasteiger partial charge < -0.3 is 5.11 Å². The van der Waals surface area contributed by atoms with Gasteiger partial charge in [-0.3, -0.25) is 4.79 Å². The Morgan fingerprint density at radius 2 is 2.18 bits per heavy atom. The van der Waals surface area contributed by atoms with Gasteiger partial charge in [-0.05, 0) is 31.4 Å². The molecule has 1 N–H and O–H groups in total. The van der Waals surface area contributed by atoms with Crippen LogP contribution < -0.4 is 0 Å². The van der Waals surface area contributed by atoms with Crippen LogP contribution in [0.1, 0.15) is 30.2 Å². The van der Waals surface area contributed by atoms with E-state index in [1.165, 1.54) is 4.70 Å². The van der Waals surface area contributed by atoms with E-state index in [0.29, 0.717) is 5.92 Å². The number of carboxylic acids is 1. The number of aromatic nitrogens is 1. The first-order valence-corrected chi connectivity index (χ1v) is 6.64. The molecule has 1 aliphatic carbocycles. The van der Waals surface area contributed by atoms with Crippen LogP contribution in [0.2, 0.25) is 0 Å². The number of carboxylic acid groups (broad SMARTS) is 1. The summed E-state index contributed by atoms with van der Waals surface area (Å²) >= 11 is 1.70. The van der Waals surface area contributed by atoms with Gasteiger partial charge in [0.15, 0.2) is 0 Å². The second-order valence-corrected chi connectivity index (χ2v) is 5.63. The lowest BCUT2D eigenvalue weighted by molar-refractivity contribution is -0.141. The Morgan fingerprint density at radius 1 is 1.35 bits per heavy atom. The fraction of sp³-hybridized carbons (Fsp3) is 0.385. The fourth-order valence-electron chi connectivity index (χ4n) is 2.49. The van der Waals surface area contributed by atoms with Gasteiger partial charge in [-0.15, -0.1) is 11.3 Å². The van der Waals surface area contributed by atoms with Crippen LogP contribution in [-0.2, 0) is 4.79 Å². The molecule has 0 amide bonds. The zero-order chi connectivity index (χ0) is 11.8. The van der Waals surface area contributed by atoms with Gasteiger partial charge in [0.25, 0.3) is 0 Å². The van der Waals surface area contributed by atoms with E-state index in [1.54, 1.807) is 11.3 Å². The van der Waals surface area contributed by atoms with Gasteiger partial charge in [0.2, 0.25) is 0 Å². The standard InChI is InChI=1S/C13H13NO2S/c15-13(16)9-6-5-8(7-9)12-14-10-3-1-2-4-11(10)17-12/h1-4,8-9H,5-7H2,(H,15,16). The number of hydrogen-bond donors (Lipinski definition) is 1. The molecule has 2 aromatic rings. The second-order valence-electron chi connectivity index (χ2n) is 4.56. The largest absolute Gasteiger partial charge is 0.481 e. The molecule has 88 valence electrons. The summed E-state index contributed by atoms with van der Waals surface area (Å²) in [5.41, 5.74) is 1.03. The molecule has 0 spiro atoms. The molecule has 1 saturated carbocycles. The van der Waals surface area contributed by atoms with E-state index in [4.69, 9.17) is 5.11 Å². The molecule has 3 nitrogen and oxygen atoms in total. The lowest BCUT2D eigenvalue weighted by Crippen LogP contribution is -2.09. The van der Waals surface area contributed by atoms with Gasteiger partial charge in [0.1, 0.15) is 0 Å². The number of thiazole rings is 1. The maximum atomic E-state index is 10.9. The fourth-order valence-corrected chi connectivity index (χ4v) is 3.61. The van der Waals surface area contributed by atoms with Gasteiger partial charge in [0.05, 0.1) is 21.1 Å². The average molecular weight is 247 g/mol. The van der Waals surface area contributed by atoms with Crippen LogP contribution in [0.5, 0.6) is 0 Å². The number of aliphatic carboxylic acids is 1. The van der Waals surface area contributed by atoms with Crippen molar-refractivity contribution in [2.24, 2.45) is 5.92 Å². The van der Waals surface area contributed by atoms with Crippen molar-refractivity contribution in [3.8, 4) is 0 Å². The summed E-state index contributed by atoms with van der Waals surface area (Å²) in [6, 6.07) is 8.08. The van der Waals surface area contributed by atoms with E-state index in [1.807, 2.05) is 18.2 Å². The molecule has 2 unspecified atom stereocenters. The maximum Gasteiger partial charge on any atom is 0.306 e. The molecular weight excluding hydrogens is 234 g/mol. The van der Waals surface area contributed by atoms with Gasteiger partial charge in [-0.25, -0.2) is 4.98 Å². The number of nitrogens with zero attached hydrogens (tertiary/aromatic N) is 1. The van der Waals surface area contributed by atoms with E-state index in [-0.39, 0.29) is 5.92 Å². The quantitative estimate of drug-likeness (QED) is 0.886. The third-order valence-electron chi connectivity index (χ3n) is 3.44. The highest BCUT2D eigenvalue weighted by Crippen LogP contribution is 2.40. The summed E-state index contributed by atoms with van der Waals surface area (Å²) in [6.45, 7) is 0. The summed E-state index contributed by atoms with van der Waals surface area (Å²) in [4.78, 5) is 15.5. The van der Waals surface area contributed by atoms with Gasteiger partial charge in [-0.2, -0.15) is 0 Å². The van der Waals surface area contributed by atoms with Gasteiger partial charge in [-0.1, -0.05) is 12.1 Å². The van der Waals surface area contributed by atoms with Crippen LogP contribution in [0.25, 0.3) is 10.2 Å². The summed E-state index contributed by atoms with van der Waals surface area (Å²) in [5.74, 6) is -0.492. The molecule has 4 heteroatoms. The lowest BCUT2D eigenvalue weighted by atomic mass is 10.1. The number of hydrogen-bond acceptors (Lipinski definition) is 3. The Bertz CT molecular complexity index is 530. The maximum absolute atomic E-state index is 10.9. The van der Waals surface area contributed by atoms with Crippen LogP contribution in [0.3, 0.4) is 0 Å². The van der Waals surface area contributed by atoms with Crippen molar-refractivity contribution in [1.29, 1.82) is 0 Å². The second kappa shape index (κ2) is 4.11. The third kappa shape index (κ3) is 1.93. The first-order valence-electron chi connectivity index (χ1n) is 5.82. The zero-order valence-corrected chi connectivity index (χ0v) is 10.1. The van der Waals surface area contributed by atoms with E-state index in [9.17, 15) is 4.79 Å². The van der Waals surface area contributed by atoms with Crippen LogP contribution in [0.4, 0.5) is 0 Å². The predicted octanol–water partition coefficient (Wildman–Crippen LogP) is 3.26. The normalized spacial score (nSPS) is 24.2. The summed E-state index contributed by atoms with van der Waals surface area (Å²) < 4.78 is 1.20. The summed E-state index contributed by atoms with van der Waals surface area (Å²) in [7, 11) is 0. The van der Waals surface area contributed by atoms with E-state index in [2.05, 4.69) is 11.1 Å². The SMILES string of the molecule is O=C(O)C1CCC(c2nc3ccccc3s2)C1. The first kappa shape index (κ1) is 10.7. The zero-order valence-electron chi connectivity index (χ0n) is 9.30. The van der Waals surface area contributed by atoms with E-state index >= 15 is 0 Å². The number of fused-ring (bicyclic) bond motifs is 1. The highest BCUT2D eigenvalue weighted by Gasteiger charge is 2.32. The molecule has 0 bridgehead atoms. The minimum Gasteiger partial charge on any atom is -0.481 e. The Hall–Kier alpha value is -1.42. The Balaban J connectivity index is 1.87. The molecule has 0 radical (unpaired) electrons. The third-order valence-corrected chi connectivity index (χ3v) is 4.64. The minimum atomic E-state index is -0.659. The molecule has 0 aliphatic heterocycles. The topological polar surface area (TPSA) is 50.2 Å². The highest BCUT2D eigenvalue weighted by molar-refractivity contribution is 7.18. The summed E-state index contributed by atoms with van der Waals surface area (Å²) in [5, 5.41) is 10.1. The smallest absolute Gasteiger partial charge is 0.306 e. The van der Waals surface area contributed by atoms with Crippen molar-refractivity contribution in [2.45, 2.75) is 25.2 Å². The van der Waals surface area contributed by atoms with Crippen LogP contribution in [0, 0.1) is 5.92 Å². The van der Waals surface area contributed by atoms with Crippen LogP contribution in [0.15, 0.2) is 24.3 Å². The first-order chi connectivity index (χ1) is 8.24. The van der Waals surface area contributed by atoms with Crippen molar-refractivity contribution in [1.82, 2.24) is 4.98 Å². The molecule has 0 saturated heterocycles. The molecule has 2 atom stereocenters. The average Bonchev–Trinajstić information content (AvgIpc) is 2.95. The van der Waals surface area contributed by atoms with Crippen molar-refractivity contribution in [3.05, 3.63) is 29.3 Å². The van der Waals surface area contributed by atoms with E-state index in [0.717, 1.165) is 29.8 Å². The van der Waals surface area contributed by atoms with E-state index < -0.39 is 5.97 Å². The van der Waals surface area contributed by atoms with Gasteiger partial charge >= 0.3 is 5.97 Å². The monoisotopic (exact) mass is 247 g/mol. The molecule has 1 aliphatic rings. The molecule has 3 rings (SSSR count). The predicted molar refractivity (Wildman–Crippen MR) is 67.3 cm³/mol.